The zero-order valence-electron chi connectivity index (χ0n) is 15.8. The Morgan fingerprint density at radius 1 is 0.933 bits per heavy atom. The highest BCUT2D eigenvalue weighted by atomic mass is 127. The van der Waals surface area contributed by atoms with Gasteiger partial charge in [-0.25, -0.2) is 4.99 Å². The van der Waals surface area contributed by atoms with Crippen LogP contribution < -0.4 is 28.5 Å². The third-order valence-corrected chi connectivity index (χ3v) is 6.29. The number of benzene rings is 3. The molecule has 1 heterocycles. The lowest BCUT2D eigenvalue weighted by Gasteiger charge is -2.10. The number of halogens is 1. The number of rotatable bonds is 2. The molecule has 0 saturated heterocycles. The van der Waals surface area contributed by atoms with Crippen LogP contribution in [0.4, 0.5) is 5.69 Å². The van der Waals surface area contributed by atoms with E-state index in [1.165, 1.54) is 11.3 Å². The number of thiazole rings is 1. The van der Waals surface area contributed by atoms with E-state index in [1.807, 2.05) is 30.3 Å². The van der Waals surface area contributed by atoms with Crippen molar-refractivity contribution < 1.29 is 43.2 Å². The molecule has 5 rings (SSSR count). The van der Waals surface area contributed by atoms with Crippen LogP contribution >= 0.6 is 11.3 Å². The third kappa shape index (κ3) is 3.05. The van der Waals surface area contributed by atoms with Crippen molar-refractivity contribution in [2.24, 2.45) is 12.0 Å². The molecular weight excluding hydrogens is 511 g/mol. The molecule has 0 amide bonds. The summed E-state index contributed by atoms with van der Waals surface area (Å²) in [5, 5.41) is 12.8. The van der Waals surface area contributed by atoms with E-state index >= 15 is 0 Å². The van der Waals surface area contributed by atoms with E-state index in [4.69, 9.17) is 0 Å². The maximum atomic E-state index is 12.9. The molecule has 0 fully saturated rings. The summed E-state index contributed by atoms with van der Waals surface area (Å²) in [5.41, 5.74) is 1.66. The number of aliphatic imine (C=N–C) groups is 1. The lowest BCUT2D eigenvalue weighted by Crippen LogP contribution is -3.00. The molecule has 148 valence electrons. The minimum absolute atomic E-state index is 0. The molecule has 30 heavy (non-hydrogen) atoms. The fourth-order valence-corrected chi connectivity index (χ4v) is 4.68. The van der Waals surface area contributed by atoms with Crippen molar-refractivity contribution in [2.45, 2.75) is 0 Å². The first-order valence-corrected chi connectivity index (χ1v) is 9.84. The van der Waals surface area contributed by atoms with Gasteiger partial charge in [-0.3, -0.25) is 9.59 Å². The first-order valence-electron chi connectivity index (χ1n) is 9.02. The van der Waals surface area contributed by atoms with E-state index in [0.29, 0.717) is 32.4 Å². The number of hydrogen-bond donors (Lipinski definition) is 1. The van der Waals surface area contributed by atoms with E-state index in [-0.39, 0.29) is 41.3 Å². The van der Waals surface area contributed by atoms with Crippen molar-refractivity contribution in [3.05, 3.63) is 87.4 Å². The van der Waals surface area contributed by atoms with Gasteiger partial charge >= 0.3 is 0 Å². The summed E-state index contributed by atoms with van der Waals surface area (Å²) in [7, 11) is 1.75. The Morgan fingerprint density at radius 2 is 1.60 bits per heavy atom. The van der Waals surface area contributed by atoms with Crippen molar-refractivity contribution >= 4 is 45.6 Å². The largest absolute Gasteiger partial charge is 1.00 e. The first-order chi connectivity index (χ1) is 14.1. The highest BCUT2D eigenvalue weighted by Gasteiger charge is 2.40. The van der Waals surface area contributed by atoms with Crippen LogP contribution in [0, 0.1) is 0 Å². The third-order valence-electron chi connectivity index (χ3n) is 5.12. The summed E-state index contributed by atoms with van der Waals surface area (Å²) in [5.74, 6) is -0.214. The van der Waals surface area contributed by atoms with Crippen LogP contribution in [0.3, 0.4) is 0 Å². The van der Waals surface area contributed by atoms with E-state index in [0.717, 1.165) is 10.8 Å². The van der Waals surface area contributed by atoms with Crippen molar-refractivity contribution in [3.63, 3.8) is 0 Å². The van der Waals surface area contributed by atoms with E-state index in [9.17, 15) is 14.7 Å². The summed E-state index contributed by atoms with van der Waals surface area (Å²) in [4.78, 5) is 30.6. The Hall–Kier alpha value is -2.91. The van der Waals surface area contributed by atoms with E-state index in [1.54, 1.807) is 48.2 Å². The van der Waals surface area contributed by atoms with Gasteiger partial charge in [0.05, 0.1) is 0 Å². The van der Waals surface area contributed by atoms with Crippen molar-refractivity contribution in [3.8, 4) is 5.75 Å². The van der Waals surface area contributed by atoms with Gasteiger partial charge < -0.3 is 29.1 Å². The Kier molecular flexibility index (Phi) is 5.25. The SMILES string of the molecule is C[n+]1c(C=Nc2ccc3ccccc3c2O)sc2c1C(=O)c1ccccc1C2=O.[I-]. The Labute approximate surface area is 193 Å². The number of phenols is 1. The fraction of sp³-hybridized carbons (Fsp3) is 0.0435. The van der Waals surface area contributed by atoms with Gasteiger partial charge in [-0.1, -0.05) is 65.9 Å². The lowest BCUT2D eigenvalue weighted by atomic mass is 9.91. The summed E-state index contributed by atoms with van der Waals surface area (Å²) in [6, 6.07) is 18.0. The molecule has 1 aliphatic rings. The number of hydrogen-bond acceptors (Lipinski definition) is 5. The van der Waals surface area contributed by atoms with Crippen LogP contribution in [0.1, 0.15) is 36.3 Å². The van der Waals surface area contributed by atoms with Gasteiger partial charge in [0, 0.05) is 16.5 Å². The van der Waals surface area contributed by atoms with Gasteiger partial charge in [-0.15, -0.1) is 0 Å². The second kappa shape index (κ2) is 7.73. The van der Waals surface area contributed by atoms with Gasteiger partial charge in [0.1, 0.15) is 24.7 Å². The average molecular weight is 526 g/mol. The lowest BCUT2D eigenvalue weighted by molar-refractivity contribution is -0.669. The molecular formula is C23H15IN2O3S. The molecule has 0 radical (unpaired) electrons. The molecule has 0 aliphatic heterocycles. The van der Waals surface area contributed by atoms with Crippen LogP contribution in [0.25, 0.3) is 10.8 Å². The summed E-state index contributed by atoms with van der Waals surface area (Å²) < 4.78 is 1.69. The highest BCUT2D eigenvalue weighted by Crippen LogP contribution is 2.35. The Balaban J connectivity index is 0.00000218. The standard InChI is InChI=1S/C23H14N2O3S.HI/c1-25-18(12-24-17-11-10-13-6-2-3-7-14(13)20(17)26)29-23-19(25)21(27)15-8-4-5-9-16(15)22(23)28;/h2-12H,1H3;1H. The summed E-state index contributed by atoms with van der Waals surface area (Å²) >= 11 is 1.23. The second-order valence-corrected chi connectivity index (χ2v) is 7.82. The zero-order valence-corrected chi connectivity index (χ0v) is 18.8. The predicted molar refractivity (Wildman–Crippen MR) is 112 cm³/mol. The van der Waals surface area contributed by atoms with Crippen molar-refractivity contribution in [1.82, 2.24) is 0 Å². The number of aromatic nitrogens is 1. The molecule has 5 nitrogen and oxygen atoms in total. The molecule has 0 saturated carbocycles. The van der Waals surface area contributed by atoms with Gasteiger partial charge in [-0.05, 0) is 11.5 Å². The van der Waals surface area contributed by atoms with Crippen molar-refractivity contribution in [2.75, 3.05) is 0 Å². The Morgan fingerprint density at radius 3 is 2.37 bits per heavy atom. The van der Waals surface area contributed by atoms with Gasteiger partial charge in [-0.2, -0.15) is 4.57 Å². The number of carbonyl (C=O) groups excluding carboxylic acids is 2. The average Bonchev–Trinajstić information content (AvgIpc) is 3.08. The fourth-order valence-electron chi connectivity index (χ4n) is 3.61. The van der Waals surface area contributed by atoms with Gasteiger partial charge in [0.15, 0.2) is 4.88 Å². The van der Waals surface area contributed by atoms with E-state index < -0.39 is 0 Å². The molecule has 0 spiro atoms. The molecule has 7 heteroatoms. The minimum Gasteiger partial charge on any atom is -1.00 e. The van der Waals surface area contributed by atoms with Crippen LogP contribution in [-0.2, 0) is 7.05 Å². The molecule has 0 unspecified atom stereocenters. The molecule has 4 aromatic rings. The number of carbonyl (C=O) groups is 2. The highest BCUT2D eigenvalue weighted by molar-refractivity contribution is 7.15. The van der Waals surface area contributed by atoms with Crippen LogP contribution in [0.5, 0.6) is 5.75 Å². The topological polar surface area (TPSA) is 70.6 Å². The molecule has 3 aromatic carbocycles. The first kappa shape index (κ1) is 20.4. The maximum Gasteiger partial charge on any atom is 0.281 e. The van der Waals surface area contributed by atoms with E-state index in [2.05, 4.69) is 4.99 Å². The van der Waals surface area contributed by atoms with Crippen LogP contribution in [-0.4, -0.2) is 22.9 Å². The number of phenolic OH excluding ortho intramolecular Hbond substituents is 1. The molecule has 1 aliphatic carbocycles. The molecule has 1 aromatic heterocycles. The summed E-state index contributed by atoms with van der Waals surface area (Å²) in [6.07, 6.45) is 1.58. The van der Waals surface area contributed by atoms with Crippen molar-refractivity contribution in [1.29, 1.82) is 0 Å². The molecule has 1 N–H and O–H groups in total. The van der Waals surface area contributed by atoms with Gasteiger partial charge in [0.25, 0.3) is 16.5 Å². The monoisotopic (exact) mass is 526 g/mol. The minimum atomic E-state index is -0.165. The normalized spacial score (nSPS) is 12.7. The Bertz CT molecular complexity index is 1370. The zero-order chi connectivity index (χ0) is 20.1. The van der Waals surface area contributed by atoms with Gasteiger partial charge in [0.2, 0.25) is 5.78 Å². The van der Waals surface area contributed by atoms with Crippen LogP contribution in [0.2, 0.25) is 0 Å². The summed E-state index contributed by atoms with van der Waals surface area (Å²) in [6.45, 7) is 0. The number of nitrogens with zero attached hydrogens (tertiary/aromatic N) is 2. The quantitative estimate of drug-likeness (QED) is 0.212. The molecule has 0 atom stereocenters. The number of fused-ring (bicyclic) bond motifs is 3. The smallest absolute Gasteiger partial charge is 0.281 e. The predicted octanol–water partition coefficient (Wildman–Crippen LogP) is 0.961. The van der Waals surface area contributed by atoms with Crippen LogP contribution in [0.15, 0.2) is 65.7 Å². The molecule has 0 bridgehead atoms. The number of ketones is 2. The number of aromatic hydroxyl groups is 1. The maximum absolute atomic E-state index is 12.9. The second-order valence-electron chi connectivity index (χ2n) is 6.79.